The molecule has 0 unspecified atom stereocenters. The molecule has 0 heterocycles. The van der Waals surface area contributed by atoms with Crippen LogP contribution in [0, 0.1) is 23.7 Å². The van der Waals surface area contributed by atoms with Crippen molar-refractivity contribution in [1.29, 1.82) is 5.26 Å². The summed E-state index contributed by atoms with van der Waals surface area (Å²) in [6.45, 7) is 1.89. The standard InChI is InChI=1S/C15H17ClN2O/c1-11-6-5-7-12(16)13(11)18-14(19)15(10-17)8-3-2-4-9-15/h5-7H,2-4,8-9H2,1H3,(H,18,19). The number of rotatable bonds is 2. The molecule has 0 aliphatic heterocycles. The molecule has 1 aliphatic carbocycles. The number of aryl methyl sites for hydroxylation is 1. The van der Waals surface area contributed by atoms with Gasteiger partial charge in [0.2, 0.25) is 5.91 Å². The number of anilines is 1. The van der Waals surface area contributed by atoms with Crippen LogP contribution in [-0.4, -0.2) is 5.91 Å². The van der Waals surface area contributed by atoms with Gasteiger partial charge in [-0.25, -0.2) is 0 Å². The second-order valence-corrected chi connectivity index (χ2v) is 5.55. The maximum atomic E-state index is 12.4. The van der Waals surface area contributed by atoms with E-state index in [0.717, 1.165) is 24.8 Å². The molecule has 0 saturated heterocycles. The third-order valence-electron chi connectivity index (χ3n) is 3.82. The first-order valence-corrected chi connectivity index (χ1v) is 6.95. The second-order valence-electron chi connectivity index (χ2n) is 5.14. The quantitative estimate of drug-likeness (QED) is 0.885. The number of benzene rings is 1. The lowest BCUT2D eigenvalue weighted by atomic mass is 9.74. The summed E-state index contributed by atoms with van der Waals surface area (Å²) in [6.07, 6.45) is 4.24. The summed E-state index contributed by atoms with van der Waals surface area (Å²) >= 11 is 6.10. The molecule has 0 aromatic heterocycles. The van der Waals surface area contributed by atoms with Crippen molar-refractivity contribution in [3.8, 4) is 6.07 Å². The van der Waals surface area contributed by atoms with Crippen molar-refractivity contribution >= 4 is 23.2 Å². The van der Waals surface area contributed by atoms with Crippen molar-refractivity contribution < 1.29 is 4.79 Å². The fourth-order valence-corrected chi connectivity index (χ4v) is 2.84. The van der Waals surface area contributed by atoms with Gasteiger partial charge in [0.15, 0.2) is 0 Å². The van der Waals surface area contributed by atoms with E-state index < -0.39 is 5.41 Å². The number of halogens is 1. The predicted molar refractivity (Wildman–Crippen MR) is 75.9 cm³/mol. The summed E-state index contributed by atoms with van der Waals surface area (Å²) < 4.78 is 0. The van der Waals surface area contributed by atoms with E-state index in [1.54, 1.807) is 6.07 Å². The number of carbonyl (C=O) groups is 1. The van der Waals surface area contributed by atoms with Crippen LogP contribution in [0.5, 0.6) is 0 Å². The number of hydrogen-bond acceptors (Lipinski definition) is 2. The van der Waals surface area contributed by atoms with E-state index in [-0.39, 0.29) is 5.91 Å². The number of amides is 1. The molecule has 2 rings (SSSR count). The Morgan fingerprint density at radius 2 is 2.05 bits per heavy atom. The summed E-state index contributed by atoms with van der Waals surface area (Å²) in [7, 11) is 0. The van der Waals surface area contributed by atoms with Gasteiger partial charge in [-0.15, -0.1) is 0 Å². The van der Waals surface area contributed by atoms with Crippen LogP contribution in [0.25, 0.3) is 0 Å². The Bertz CT molecular complexity index is 507. The molecule has 1 N–H and O–H groups in total. The zero-order valence-electron chi connectivity index (χ0n) is 11.0. The molecule has 0 atom stereocenters. The average molecular weight is 277 g/mol. The van der Waals surface area contributed by atoms with Crippen LogP contribution in [0.15, 0.2) is 18.2 Å². The van der Waals surface area contributed by atoms with Gasteiger partial charge in [-0.05, 0) is 31.4 Å². The highest BCUT2D eigenvalue weighted by molar-refractivity contribution is 6.34. The normalized spacial score (nSPS) is 17.5. The van der Waals surface area contributed by atoms with E-state index in [9.17, 15) is 10.1 Å². The van der Waals surface area contributed by atoms with Crippen molar-refractivity contribution in [2.75, 3.05) is 5.32 Å². The summed E-state index contributed by atoms with van der Waals surface area (Å²) in [5.41, 5.74) is 0.642. The topological polar surface area (TPSA) is 52.9 Å². The molecule has 100 valence electrons. The molecular formula is C15H17ClN2O. The number of para-hydroxylation sites is 1. The minimum absolute atomic E-state index is 0.217. The monoisotopic (exact) mass is 276 g/mol. The molecule has 1 aromatic carbocycles. The van der Waals surface area contributed by atoms with Crippen LogP contribution in [0.3, 0.4) is 0 Å². The Morgan fingerprint density at radius 1 is 1.37 bits per heavy atom. The number of hydrogen-bond donors (Lipinski definition) is 1. The van der Waals surface area contributed by atoms with E-state index in [1.807, 2.05) is 19.1 Å². The minimum atomic E-state index is -0.885. The van der Waals surface area contributed by atoms with Gasteiger partial charge in [0.05, 0.1) is 16.8 Å². The largest absolute Gasteiger partial charge is 0.323 e. The van der Waals surface area contributed by atoms with Gasteiger partial charge in [0.25, 0.3) is 0 Å². The van der Waals surface area contributed by atoms with E-state index in [0.29, 0.717) is 23.6 Å². The SMILES string of the molecule is Cc1cccc(Cl)c1NC(=O)C1(C#N)CCCCC1. The van der Waals surface area contributed by atoms with Crippen molar-refractivity contribution in [2.45, 2.75) is 39.0 Å². The summed E-state index contributed by atoms with van der Waals surface area (Å²) in [4.78, 5) is 12.4. The Kier molecular flexibility index (Phi) is 4.11. The summed E-state index contributed by atoms with van der Waals surface area (Å²) in [5, 5.41) is 12.7. The Balaban J connectivity index is 2.23. The van der Waals surface area contributed by atoms with Gasteiger partial charge >= 0.3 is 0 Å². The number of nitrogens with zero attached hydrogens (tertiary/aromatic N) is 1. The van der Waals surface area contributed by atoms with Gasteiger partial charge in [-0.2, -0.15) is 5.26 Å². The van der Waals surface area contributed by atoms with Gasteiger partial charge < -0.3 is 5.32 Å². The molecule has 1 amide bonds. The van der Waals surface area contributed by atoms with Crippen LogP contribution >= 0.6 is 11.6 Å². The molecule has 3 nitrogen and oxygen atoms in total. The lowest BCUT2D eigenvalue weighted by molar-refractivity contribution is -0.124. The molecule has 19 heavy (non-hydrogen) atoms. The molecule has 0 bridgehead atoms. The summed E-state index contributed by atoms with van der Waals surface area (Å²) in [6, 6.07) is 7.69. The van der Waals surface area contributed by atoms with Crippen LogP contribution in [-0.2, 0) is 4.79 Å². The van der Waals surface area contributed by atoms with E-state index in [1.165, 1.54) is 0 Å². The van der Waals surface area contributed by atoms with E-state index in [2.05, 4.69) is 11.4 Å². The van der Waals surface area contributed by atoms with Crippen molar-refractivity contribution in [3.05, 3.63) is 28.8 Å². The smallest absolute Gasteiger partial charge is 0.244 e. The molecule has 1 saturated carbocycles. The number of carbonyl (C=O) groups excluding carboxylic acids is 1. The zero-order valence-corrected chi connectivity index (χ0v) is 11.8. The third-order valence-corrected chi connectivity index (χ3v) is 4.13. The highest BCUT2D eigenvalue weighted by Gasteiger charge is 2.40. The highest BCUT2D eigenvalue weighted by Crippen LogP contribution is 2.37. The maximum Gasteiger partial charge on any atom is 0.244 e. The molecule has 0 spiro atoms. The van der Waals surface area contributed by atoms with Crippen LogP contribution < -0.4 is 5.32 Å². The first-order chi connectivity index (χ1) is 9.09. The maximum absolute atomic E-state index is 12.4. The zero-order chi connectivity index (χ0) is 13.9. The number of nitriles is 1. The van der Waals surface area contributed by atoms with E-state index in [4.69, 9.17) is 11.6 Å². The highest BCUT2D eigenvalue weighted by atomic mass is 35.5. The van der Waals surface area contributed by atoms with Crippen molar-refractivity contribution in [2.24, 2.45) is 5.41 Å². The van der Waals surface area contributed by atoms with Crippen molar-refractivity contribution in [1.82, 2.24) is 0 Å². The minimum Gasteiger partial charge on any atom is -0.323 e. The average Bonchev–Trinajstić information content (AvgIpc) is 2.43. The van der Waals surface area contributed by atoms with Gasteiger partial charge in [-0.1, -0.05) is 43.0 Å². The van der Waals surface area contributed by atoms with Crippen molar-refractivity contribution in [3.63, 3.8) is 0 Å². The fraction of sp³-hybridized carbons (Fsp3) is 0.467. The molecular weight excluding hydrogens is 260 g/mol. The Hall–Kier alpha value is -1.53. The Morgan fingerprint density at radius 3 is 2.63 bits per heavy atom. The second kappa shape index (κ2) is 5.63. The predicted octanol–water partition coefficient (Wildman–Crippen LogP) is 4.06. The molecule has 1 aromatic rings. The van der Waals surface area contributed by atoms with Crippen LogP contribution in [0.2, 0.25) is 5.02 Å². The lowest BCUT2D eigenvalue weighted by Crippen LogP contribution is -2.37. The van der Waals surface area contributed by atoms with Crippen LogP contribution in [0.1, 0.15) is 37.7 Å². The Labute approximate surface area is 118 Å². The molecule has 1 aliphatic rings. The molecule has 4 heteroatoms. The van der Waals surface area contributed by atoms with E-state index >= 15 is 0 Å². The van der Waals surface area contributed by atoms with Gasteiger partial charge in [-0.3, -0.25) is 4.79 Å². The number of nitrogens with one attached hydrogen (secondary N) is 1. The first kappa shape index (κ1) is 13.9. The fourth-order valence-electron chi connectivity index (χ4n) is 2.57. The summed E-state index contributed by atoms with van der Waals surface area (Å²) in [5.74, 6) is -0.217. The van der Waals surface area contributed by atoms with Gasteiger partial charge in [0.1, 0.15) is 5.41 Å². The third kappa shape index (κ3) is 2.74. The van der Waals surface area contributed by atoms with Crippen LogP contribution in [0.4, 0.5) is 5.69 Å². The van der Waals surface area contributed by atoms with Gasteiger partial charge in [0, 0.05) is 0 Å². The first-order valence-electron chi connectivity index (χ1n) is 6.57. The molecule has 1 fully saturated rings. The lowest BCUT2D eigenvalue weighted by Gasteiger charge is -2.29. The molecule has 0 radical (unpaired) electrons.